The van der Waals surface area contributed by atoms with Crippen LogP contribution in [0.3, 0.4) is 0 Å². The number of nitrogens with one attached hydrogen (secondary N) is 2. The topological polar surface area (TPSA) is 91.3 Å². The van der Waals surface area contributed by atoms with Gasteiger partial charge in [-0.2, -0.15) is 0 Å². The zero-order valence-electron chi connectivity index (χ0n) is 12.0. The van der Waals surface area contributed by atoms with Gasteiger partial charge < -0.3 is 15.7 Å². The average molecular weight is 291 g/mol. The highest BCUT2D eigenvalue weighted by molar-refractivity contribution is 5.98. The third kappa shape index (κ3) is 4.73. The van der Waals surface area contributed by atoms with Gasteiger partial charge in [-0.25, -0.2) is 14.6 Å². The molecule has 1 aromatic heterocycles. The van der Waals surface area contributed by atoms with E-state index in [-0.39, 0.29) is 11.4 Å². The largest absolute Gasteiger partial charge is 0.476 e. The molecule has 1 heterocycles. The Morgan fingerprint density at radius 3 is 2.81 bits per heavy atom. The van der Waals surface area contributed by atoms with Crippen molar-refractivity contribution in [1.29, 1.82) is 0 Å². The fourth-order valence-corrected chi connectivity index (χ4v) is 2.73. The quantitative estimate of drug-likeness (QED) is 0.703. The highest BCUT2D eigenvalue weighted by Crippen LogP contribution is 2.28. The van der Waals surface area contributed by atoms with Gasteiger partial charge in [-0.15, -0.1) is 0 Å². The van der Waals surface area contributed by atoms with Crippen LogP contribution in [0.15, 0.2) is 18.3 Å². The van der Waals surface area contributed by atoms with Crippen LogP contribution in [0.25, 0.3) is 0 Å². The Morgan fingerprint density at radius 2 is 2.10 bits per heavy atom. The van der Waals surface area contributed by atoms with Gasteiger partial charge in [-0.3, -0.25) is 0 Å². The van der Waals surface area contributed by atoms with Crippen LogP contribution in [0.5, 0.6) is 0 Å². The Kier molecular flexibility index (Phi) is 5.54. The number of rotatable bonds is 6. The van der Waals surface area contributed by atoms with Crippen molar-refractivity contribution in [3.63, 3.8) is 0 Å². The van der Waals surface area contributed by atoms with Gasteiger partial charge in [0, 0.05) is 12.7 Å². The molecule has 0 aliphatic heterocycles. The summed E-state index contributed by atoms with van der Waals surface area (Å²) in [5, 5.41) is 14.3. The number of carboxylic acid groups (broad SMARTS) is 1. The highest BCUT2D eigenvalue weighted by Gasteiger charge is 2.15. The number of aromatic nitrogens is 1. The molecule has 1 fully saturated rings. The van der Waals surface area contributed by atoms with Crippen LogP contribution in [0.1, 0.15) is 49.0 Å². The second-order valence-electron chi connectivity index (χ2n) is 5.38. The maximum absolute atomic E-state index is 11.7. The number of pyridine rings is 1. The summed E-state index contributed by atoms with van der Waals surface area (Å²) in [5.74, 6) is -0.348. The lowest BCUT2D eigenvalue weighted by molar-refractivity contribution is 0.0691. The number of hydrogen-bond acceptors (Lipinski definition) is 3. The van der Waals surface area contributed by atoms with Gasteiger partial charge in [0.25, 0.3) is 0 Å². The number of carbonyl (C=O) groups excluding carboxylic acids is 1. The van der Waals surface area contributed by atoms with Crippen molar-refractivity contribution in [2.45, 2.75) is 38.5 Å². The predicted molar refractivity (Wildman–Crippen MR) is 79.4 cm³/mol. The van der Waals surface area contributed by atoms with Gasteiger partial charge in [0.1, 0.15) is 0 Å². The molecule has 114 valence electrons. The van der Waals surface area contributed by atoms with E-state index in [1.54, 1.807) is 6.07 Å². The van der Waals surface area contributed by atoms with Crippen molar-refractivity contribution in [1.82, 2.24) is 10.3 Å². The highest BCUT2D eigenvalue weighted by atomic mass is 16.4. The number of hydrogen-bond donors (Lipinski definition) is 3. The minimum Gasteiger partial charge on any atom is -0.476 e. The molecule has 0 bridgehead atoms. The molecule has 0 unspecified atom stereocenters. The summed E-state index contributed by atoms with van der Waals surface area (Å²) in [6.45, 7) is 0.602. The van der Waals surface area contributed by atoms with Crippen LogP contribution in [-0.2, 0) is 0 Å². The molecule has 2 amide bonds. The summed E-state index contributed by atoms with van der Waals surface area (Å²) < 4.78 is 0. The van der Waals surface area contributed by atoms with Gasteiger partial charge in [-0.05, 0) is 30.9 Å². The smallest absolute Gasteiger partial charge is 0.356 e. The van der Waals surface area contributed by atoms with E-state index >= 15 is 0 Å². The van der Waals surface area contributed by atoms with Crippen LogP contribution in [0, 0.1) is 5.92 Å². The summed E-state index contributed by atoms with van der Waals surface area (Å²) in [6.07, 6.45) is 8.77. The van der Waals surface area contributed by atoms with Crippen molar-refractivity contribution in [3.05, 3.63) is 24.0 Å². The average Bonchev–Trinajstić information content (AvgIpc) is 2.97. The first-order valence-corrected chi connectivity index (χ1v) is 7.40. The van der Waals surface area contributed by atoms with Crippen molar-refractivity contribution >= 4 is 17.7 Å². The number of aromatic carboxylic acids is 1. The first kappa shape index (κ1) is 15.3. The second-order valence-corrected chi connectivity index (χ2v) is 5.38. The fourth-order valence-electron chi connectivity index (χ4n) is 2.73. The summed E-state index contributed by atoms with van der Waals surface area (Å²) in [5.41, 5.74) is 0.0527. The Balaban J connectivity index is 1.73. The summed E-state index contributed by atoms with van der Waals surface area (Å²) in [4.78, 5) is 26.5. The molecule has 0 radical (unpaired) electrons. The van der Waals surface area contributed by atoms with Gasteiger partial charge in [0.2, 0.25) is 0 Å². The molecule has 1 aliphatic rings. The van der Waals surface area contributed by atoms with Crippen molar-refractivity contribution in [2.75, 3.05) is 11.9 Å². The van der Waals surface area contributed by atoms with E-state index in [2.05, 4.69) is 15.6 Å². The number of carboxylic acids is 1. The van der Waals surface area contributed by atoms with E-state index in [0.29, 0.717) is 6.54 Å². The molecule has 1 aliphatic carbocycles. The zero-order chi connectivity index (χ0) is 15.1. The van der Waals surface area contributed by atoms with E-state index in [9.17, 15) is 9.59 Å². The molecular weight excluding hydrogens is 270 g/mol. The normalized spacial score (nSPS) is 14.9. The van der Waals surface area contributed by atoms with Crippen molar-refractivity contribution in [3.8, 4) is 0 Å². The Labute approximate surface area is 124 Å². The monoisotopic (exact) mass is 291 g/mol. The van der Waals surface area contributed by atoms with Gasteiger partial charge >= 0.3 is 12.0 Å². The Morgan fingerprint density at radius 1 is 1.33 bits per heavy atom. The second kappa shape index (κ2) is 7.61. The van der Waals surface area contributed by atoms with Crippen molar-refractivity contribution in [2.24, 2.45) is 5.92 Å². The fraction of sp³-hybridized carbons (Fsp3) is 0.533. The molecule has 0 saturated heterocycles. The third-order valence-electron chi connectivity index (χ3n) is 3.81. The minimum absolute atomic E-state index is 0.154. The van der Waals surface area contributed by atoms with Crippen LogP contribution in [0.4, 0.5) is 10.5 Å². The van der Waals surface area contributed by atoms with E-state index in [0.717, 1.165) is 18.8 Å². The first-order chi connectivity index (χ1) is 10.2. The lowest BCUT2D eigenvalue weighted by atomic mass is 10.0. The van der Waals surface area contributed by atoms with Crippen LogP contribution in [-0.4, -0.2) is 28.6 Å². The summed E-state index contributed by atoms with van der Waals surface area (Å²) in [6, 6.07) is 2.72. The summed E-state index contributed by atoms with van der Waals surface area (Å²) >= 11 is 0. The lowest BCUT2D eigenvalue weighted by Gasteiger charge is -2.11. The maximum Gasteiger partial charge on any atom is 0.356 e. The van der Waals surface area contributed by atoms with Gasteiger partial charge in [0.05, 0.1) is 5.69 Å². The Bertz CT molecular complexity index is 499. The molecule has 0 spiro atoms. The number of amides is 2. The number of carbonyl (C=O) groups is 2. The van der Waals surface area contributed by atoms with Crippen LogP contribution in [0.2, 0.25) is 0 Å². The number of urea groups is 1. The molecule has 1 saturated carbocycles. The van der Waals surface area contributed by atoms with E-state index in [1.165, 1.54) is 37.9 Å². The number of nitrogens with zero attached hydrogens (tertiary/aromatic N) is 1. The van der Waals surface area contributed by atoms with Gasteiger partial charge in [-0.1, -0.05) is 25.7 Å². The van der Waals surface area contributed by atoms with Crippen LogP contribution < -0.4 is 10.6 Å². The predicted octanol–water partition coefficient (Wildman–Crippen LogP) is 2.87. The number of anilines is 1. The van der Waals surface area contributed by atoms with E-state index < -0.39 is 12.0 Å². The maximum atomic E-state index is 11.7. The molecule has 6 nitrogen and oxygen atoms in total. The molecule has 0 aromatic carbocycles. The molecular formula is C15H21N3O3. The molecule has 0 atom stereocenters. The van der Waals surface area contributed by atoms with Gasteiger partial charge in [0.15, 0.2) is 5.69 Å². The molecule has 1 aromatic rings. The standard InChI is InChI=1S/C15H21N3O3/c19-14(20)13-12(8-4-9-16-13)18-15(21)17-10-3-7-11-5-1-2-6-11/h4,8-9,11H,1-3,5-7,10H2,(H,19,20)(H2,17,18,21). The minimum atomic E-state index is -1.16. The van der Waals surface area contributed by atoms with Crippen LogP contribution >= 0.6 is 0 Å². The van der Waals surface area contributed by atoms with E-state index in [1.807, 2.05) is 0 Å². The molecule has 6 heteroatoms. The molecule has 21 heavy (non-hydrogen) atoms. The SMILES string of the molecule is O=C(NCCCC1CCCC1)Nc1cccnc1C(=O)O. The lowest BCUT2D eigenvalue weighted by Crippen LogP contribution is -2.30. The molecule has 2 rings (SSSR count). The molecule has 3 N–H and O–H groups in total. The van der Waals surface area contributed by atoms with E-state index in [4.69, 9.17) is 5.11 Å². The first-order valence-electron chi connectivity index (χ1n) is 7.40. The zero-order valence-corrected chi connectivity index (χ0v) is 12.0. The third-order valence-corrected chi connectivity index (χ3v) is 3.81. The summed E-state index contributed by atoms with van der Waals surface area (Å²) in [7, 11) is 0. The van der Waals surface area contributed by atoms with Crippen molar-refractivity contribution < 1.29 is 14.7 Å². The Hall–Kier alpha value is -2.11.